The van der Waals surface area contributed by atoms with Crippen molar-refractivity contribution in [3.05, 3.63) is 40.9 Å². The lowest BCUT2D eigenvalue weighted by molar-refractivity contribution is -0.116. The number of hydrogen-bond donors (Lipinski definition) is 1. The van der Waals surface area contributed by atoms with Crippen molar-refractivity contribution in [2.75, 3.05) is 20.1 Å². The van der Waals surface area contributed by atoms with E-state index in [1.807, 2.05) is 24.3 Å². The number of carbonyl (C=O) groups excluding carboxylic acids is 1. The molecule has 114 valence electrons. The summed E-state index contributed by atoms with van der Waals surface area (Å²) in [6.07, 6.45) is 8.63. The van der Waals surface area contributed by atoms with Crippen LogP contribution in [-0.2, 0) is 4.79 Å². The van der Waals surface area contributed by atoms with E-state index < -0.39 is 0 Å². The molecule has 1 fully saturated rings. The van der Waals surface area contributed by atoms with Gasteiger partial charge in [-0.2, -0.15) is 0 Å². The molecule has 3 nitrogen and oxygen atoms in total. The summed E-state index contributed by atoms with van der Waals surface area (Å²) in [5.74, 6) is -0.0511. The first kappa shape index (κ1) is 16.1. The summed E-state index contributed by atoms with van der Waals surface area (Å²) in [4.78, 5) is 14.1. The molecule has 21 heavy (non-hydrogen) atoms. The fraction of sp³-hybridized carbons (Fsp3) is 0.471. The normalized spacial score (nSPS) is 16.0. The monoisotopic (exact) mass is 306 g/mol. The van der Waals surface area contributed by atoms with Gasteiger partial charge in [-0.05, 0) is 43.7 Å². The van der Waals surface area contributed by atoms with Crippen LogP contribution in [0.5, 0.6) is 0 Å². The minimum Gasteiger partial charge on any atom is -0.351 e. The van der Waals surface area contributed by atoms with E-state index >= 15 is 0 Å². The van der Waals surface area contributed by atoms with Crippen LogP contribution in [0.4, 0.5) is 0 Å². The van der Waals surface area contributed by atoms with Crippen LogP contribution < -0.4 is 5.32 Å². The summed E-state index contributed by atoms with van der Waals surface area (Å²) in [6, 6.07) is 8.11. The maximum atomic E-state index is 11.7. The van der Waals surface area contributed by atoms with Gasteiger partial charge in [0.05, 0.1) is 0 Å². The van der Waals surface area contributed by atoms with Gasteiger partial charge in [-0.15, -0.1) is 0 Å². The van der Waals surface area contributed by atoms with Gasteiger partial charge in [0.15, 0.2) is 0 Å². The number of likely N-dealkylation sites (N-methyl/N-ethyl adjacent to an activating group) is 1. The number of hydrogen-bond acceptors (Lipinski definition) is 2. The van der Waals surface area contributed by atoms with Gasteiger partial charge in [0, 0.05) is 30.2 Å². The zero-order valence-corrected chi connectivity index (χ0v) is 13.3. The molecule has 1 aromatic carbocycles. The highest BCUT2D eigenvalue weighted by Gasteiger charge is 2.18. The first-order valence-corrected chi connectivity index (χ1v) is 7.94. The predicted octanol–water partition coefficient (Wildman–Crippen LogP) is 3.34. The van der Waals surface area contributed by atoms with Gasteiger partial charge in [0.1, 0.15) is 0 Å². The SMILES string of the molecule is CN(CCNC(=O)C=Cc1ccc(Cl)cc1)C1CCCC1. The van der Waals surface area contributed by atoms with Gasteiger partial charge in [0.2, 0.25) is 5.91 Å². The molecule has 1 saturated carbocycles. The molecule has 0 aliphatic heterocycles. The maximum Gasteiger partial charge on any atom is 0.244 e. The molecule has 0 atom stereocenters. The third kappa shape index (κ3) is 5.52. The molecule has 4 heteroatoms. The first-order chi connectivity index (χ1) is 10.1. The summed E-state index contributed by atoms with van der Waals surface area (Å²) in [6.45, 7) is 1.60. The molecule has 0 saturated heterocycles. The van der Waals surface area contributed by atoms with Gasteiger partial charge in [0.25, 0.3) is 0 Å². The molecule has 0 aromatic heterocycles. The first-order valence-electron chi connectivity index (χ1n) is 7.57. The molecule has 2 rings (SSSR count). The minimum atomic E-state index is -0.0511. The molecule has 1 aliphatic carbocycles. The van der Waals surface area contributed by atoms with Crippen LogP contribution in [0.25, 0.3) is 6.08 Å². The lowest BCUT2D eigenvalue weighted by atomic mass is 10.2. The second-order valence-electron chi connectivity index (χ2n) is 5.59. The molecule has 1 aliphatic rings. The van der Waals surface area contributed by atoms with E-state index in [0.29, 0.717) is 17.6 Å². The predicted molar refractivity (Wildman–Crippen MR) is 88.4 cm³/mol. The second-order valence-corrected chi connectivity index (χ2v) is 6.03. The maximum absolute atomic E-state index is 11.7. The Morgan fingerprint density at radius 3 is 2.67 bits per heavy atom. The molecule has 0 spiro atoms. The Hall–Kier alpha value is -1.32. The molecule has 1 aromatic rings. The Morgan fingerprint density at radius 1 is 1.33 bits per heavy atom. The summed E-state index contributed by atoms with van der Waals surface area (Å²) in [5, 5.41) is 3.63. The highest BCUT2D eigenvalue weighted by Crippen LogP contribution is 2.21. The molecule has 0 bridgehead atoms. The smallest absolute Gasteiger partial charge is 0.244 e. The van der Waals surface area contributed by atoms with E-state index in [9.17, 15) is 4.79 Å². The van der Waals surface area contributed by atoms with Gasteiger partial charge < -0.3 is 10.2 Å². The summed E-state index contributed by atoms with van der Waals surface area (Å²) in [7, 11) is 2.14. The van der Waals surface area contributed by atoms with Crippen molar-refractivity contribution >= 4 is 23.6 Å². The quantitative estimate of drug-likeness (QED) is 0.818. The summed E-state index contributed by atoms with van der Waals surface area (Å²) in [5.41, 5.74) is 0.970. The highest BCUT2D eigenvalue weighted by atomic mass is 35.5. The number of halogens is 1. The average molecular weight is 307 g/mol. The largest absolute Gasteiger partial charge is 0.351 e. The van der Waals surface area contributed by atoms with Crippen molar-refractivity contribution in [3.8, 4) is 0 Å². The third-order valence-electron chi connectivity index (χ3n) is 4.01. The van der Waals surface area contributed by atoms with Crippen molar-refractivity contribution in [1.82, 2.24) is 10.2 Å². The van der Waals surface area contributed by atoms with E-state index in [-0.39, 0.29) is 5.91 Å². The van der Waals surface area contributed by atoms with Crippen molar-refractivity contribution in [3.63, 3.8) is 0 Å². The van der Waals surface area contributed by atoms with Gasteiger partial charge in [-0.1, -0.05) is 36.6 Å². The van der Waals surface area contributed by atoms with E-state index in [2.05, 4.69) is 17.3 Å². The van der Waals surface area contributed by atoms with Crippen molar-refractivity contribution in [2.24, 2.45) is 0 Å². The topological polar surface area (TPSA) is 32.3 Å². The fourth-order valence-corrected chi connectivity index (χ4v) is 2.81. The average Bonchev–Trinajstić information content (AvgIpc) is 3.01. The molecule has 0 radical (unpaired) electrons. The van der Waals surface area contributed by atoms with Crippen molar-refractivity contribution in [2.45, 2.75) is 31.7 Å². The number of rotatable bonds is 6. The molecule has 0 heterocycles. The Morgan fingerprint density at radius 2 is 2.00 bits per heavy atom. The van der Waals surface area contributed by atoms with E-state index in [4.69, 9.17) is 11.6 Å². The van der Waals surface area contributed by atoms with Crippen molar-refractivity contribution in [1.29, 1.82) is 0 Å². The van der Waals surface area contributed by atoms with Crippen LogP contribution in [0.15, 0.2) is 30.3 Å². The Balaban J connectivity index is 1.68. The second kappa shape index (κ2) is 8.20. The van der Waals surface area contributed by atoms with Gasteiger partial charge in [-0.3, -0.25) is 4.79 Å². The lowest BCUT2D eigenvalue weighted by Crippen LogP contribution is -2.36. The van der Waals surface area contributed by atoms with E-state index in [1.54, 1.807) is 12.2 Å². The Kier molecular flexibility index (Phi) is 6.27. The summed E-state index contributed by atoms with van der Waals surface area (Å²) < 4.78 is 0. The molecular formula is C17H23ClN2O. The molecule has 1 amide bonds. The van der Waals surface area contributed by atoms with Crippen molar-refractivity contribution < 1.29 is 4.79 Å². The van der Waals surface area contributed by atoms with Crippen LogP contribution in [0.3, 0.4) is 0 Å². The number of benzene rings is 1. The zero-order chi connectivity index (χ0) is 15.1. The fourth-order valence-electron chi connectivity index (χ4n) is 2.69. The van der Waals surface area contributed by atoms with Crippen LogP contribution in [0.1, 0.15) is 31.2 Å². The van der Waals surface area contributed by atoms with Crippen LogP contribution >= 0.6 is 11.6 Å². The number of nitrogens with zero attached hydrogens (tertiary/aromatic N) is 1. The summed E-state index contributed by atoms with van der Waals surface area (Å²) >= 11 is 5.82. The van der Waals surface area contributed by atoms with Crippen LogP contribution in [0.2, 0.25) is 5.02 Å². The molecule has 0 unspecified atom stereocenters. The molecule has 1 N–H and O–H groups in total. The zero-order valence-electron chi connectivity index (χ0n) is 12.5. The highest BCUT2D eigenvalue weighted by molar-refractivity contribution is 6.30. The number of nitrogens with one attached hydrogen (secondary N) is 1. The molecular weight excluding hydrogens is 284 g/mol. The van der Waals surface area contributed by atoms with Gasteiger partial charge in [-0.25, -0.2) is 0 Å². The number of carbonyl (C=O) groups is 1. The van der Waals surface area contributed by atoms with Gasteiger partial charge >= 0.3 is 0 Å². The standard InChI is InChI=1S/C17H23ClN2O/c1-20(16-4-2-3-5-16)13-12-19-17(21)11-8-14-6-9-15(18)10-7-14/h6-11,16H,2-5,12-13H2,1H3,(H,19,21). The van der Waals surface area contributed by atoms with Crippen LogP contribution in [-0.4, -0.2) is 37.0 Å². The Bertz CT molecular complexity index is 478. The number of amides is 1. The van der Waals surface area contributed by atoms with E-state index in [1.165, 1.54) is 25.7 Å². The third-order valence-corrected chi connectivity index (χ3v) is 4.26. The van der Waals surface area contributed by atoms with Crippen LogP contribution in [0, 0.1) is 0 Å². The lowest BCUT2D eigenvalue weighted by Gasteiger charge is -2.23. The Labute approximate surface area is 132 Å². The van der Waals surface area contributed by atoms with E-state index in [0.717, 1.165) is 12.1 Å². The minimum absolute atomic E-state index is 0.0511.